The molecule has 1 aromatic heterocycles. The number of hydrogen-bond acceptors (Lipinski definition) is 3. The van der Waals surface area contributed by atoms with Crippen LogP contribution in [0.25, 0.3) is 0 Å². The van der Waals surface area contributed by atoms with Crippen molar-refractivity contribution in [1.29, 1.82) is 0 Å². The van der Waals surface area contributed by atoms with E-state index in [1.807, 2.05) is 0 Å². The highest BCUT2D eigenvalue weighted by molar-refractivity contribution is 5.22. The summed E-state index contributed by atoms with van der Waals surface area (Å²) in [7, 11) is 0. The fourth-order valence-electron chi connectivity index (χ4n) is 2.36. The lowest BCUT2D eigenvalue weighted by molar-refractivity contribution is 0.0240. The molecule has 17 heavy (non-hydrogen) atoms. The van der Waals surface area contributed by atoms with Crippen LogP contribution in [0.5, 0.6) is 0 Å². The predicted molar refractivity (Wildman–Crippen MR) is 67.9 cm³/mol. The van der Waals surface area contributed by atoms with E-state index in [0.717, 1.165) is 44.8 Å². The lowest BCUT2D eigenvalue weighted by Crippen LogP contribution is -2.36. The third-order valence-corrected chi connectivity index (χ3v) is 3.83. The van der Waals surface area contributed by atoms with Crippen molar-refractivity contribution in [1.82, 2.24) is 15.5 Å². The van der Waals surface area contributed by atoms with Crippen molar-refractivity contribution in [2.45, 2.75) is 40.2 Å². The van der Waals surface area contributed by atoms with Crippen molar-refractivity contribution in [2.24, 2.45) is 5.41 Å². The van der Waals surface area contributed by atoms with Crippen LogP contribution in [-0.2, 0) is 11.3 Å². The molecule has 0 saturated carbocycles. The van der Waals surface area contributed by atoms with E-state index >= 15 is 0 Å². The Morgan fingerprint density at radius 2 is 2.06 bits per heavy atom. The van der Waals surface area contributed by atoms with E-state index in [4.69, 9.17) is 4.74 Å². The topological polar surface area (TPSA) is 49.9 Å². The van der Waals surface area contributed by atoms with E-state index in [9.17, 15) is 0 Å². The fraction of sp³-hybridized carbons (Fsp3) is 0.769. The monoisotopic (exact) mass is 237 g/mol. The third kappa shape index (κ3) is 3.07. The van der Waals surface area contributed by atoms with Crippen molar-refractivity contribution in [3.05, 3.63) is 17.0 Å². The third-order valence-electron chi connectivity index (χ3n) is 3.83. The maximum atomic E-state index is 5.41. The molecule has 2 rings (SSSR count). The molecule has 0 spiro atoms. The van der Waals surface area contributed by atoms with Gasteiger partial charge in [0, 0.05) is 37.6 Å². The van der Waals surface area contributed by atoms with Crippen LogP contribution in [0.2, 0.25) is 0 Å². The molecule has 1 fully saturated rings. The Bertz CT molecular complexity index is 347. The van der Waals surface area contributed by atoms with Crippen molar-refractivity contribution < 1.29 is 4.74 Å². The van der Waals surface area contributed by atoms with Gasteiger partial charge in [-0.3, -0.25) is 5.10 Å². The zero-order valence-corrected chi connectivity index (χ0v) is 11.1. The summed E-state index contributed by atoms with van der Waals surface area (Å²) in [6.07, 6.45) is 2.31. The van der Waals surface area contributed by atoms with Crippen LogP contribution in [0, 0.1) is 19.3 Å². The molecule has 0 unspecified atom stereocenters. The quantitative estimate of drug-likeness (QED) is 0.841. The molecule has 0 radical (unpaired) electrons. The molecule has 96 valence electrons. The summed E-state index contributed by atoms with van der Waals surface area (Å²) in [5, 5.41) is 10.8. The standard InChI is InChI=1S/C13H23N3O/c1-10-12(11(2)16-15-10)8-14-9-13(3)4-6-17-7-5-13/h14H,4-9H2,1-3H3,(H,15,16). The Hall–Kier alpha value is -0.870. The first kappa shape index (κ1) is 12.6. The molecule has 0 atom stereocenters. The van der Waals surface area contributed by atoms with Gasteiger partial charge in [0.2, 0.25) is 0 Å². The zero-order chi connectivity index (χ0) is 12.3. The number of aryl methyl sites for hydroxylation is 2. The van der Waals surface area contributed by atoms with Crippen LogP contribution < -0.4 is 5.32 Å². The molecule has 1 aliphatic heterocycles. The van der Waals surface area contributed by atoms with Gasteiger partial charge in [0.25, 0.3) is 0 Å². The van der Waals surface area contributed by atoms with Crippen molar-refractivity contribution in [2.75, 3.05) is 19.8 Å². The molecular formula is C13H23N3O. The van der Waals surface area contributed by atoms with Gasteiger partial charge in [-0.2, -0.15) is 5.10 Å². The first-order valence-electron chi connectivity index (χ1n) is 6.40. The summed E-state index contributed by atoms with van der Waals surface area (Å²) in [6, 6.07) is 0. The van der Waals surface area contributed by atoms with Crippen molar-refractivity contribution in [3.8, 4) is 0 Å². The highest BCUT2D eigenvalue weighted by Gasteiger charge is 2.26. The van der Waals surface area contributed by atoms with Crippen LogP contribution in [0.1, 0.15) is 36.7 Å². The lowest BCUT2D eigenvalue weighted by Gasteiger charge is -2.33. The second-order valence-corrected chi connectivity index (χ2v) is 5.44. The van der Waals surface area contributed by atoms with Gasteiger partial charge in [0.05, 0.1) is 5.69 Å². The van der Waals surface area contributed by atoms with Gasteiger partial charge in [0.1, 0.15) is 0 Å². The van der Waals surface area contributed by atoms with Crippen LogP contribution in [0.3, 0.4) is 0 Å². The van der Waals surface area contributed by atoms with Gasteiger partial charge >= 0.3 is 0 Å². The van der Waals surface area contributed by atoms with Gasteiger partial charge in [-0.1, -0.05) is 6.92 Å². The van der Waals surface area contributed by atoms with Crippen molar-refractivity contribution in [3.63, 3.8) is 0 Å². The Morgan fingerprint density at radius 1 is 1.35 bits per heavy atom. The van der Waals surface area contributed by atoms with E-state index in [1.165, 1.54) is 11.3 Å². The summed E-state index contributed by atoms with van der Waals surface area (Å²) in [4.78, 5) is 0. The number of aromatic amines is 1. The highest BCUT2D eigenvalue weighted by atomic mass is 16.5. The van der Waals surface area contributed by atoms with E-state index in [2.05, 4.69) is 36.3 Å². The first-order valence-corrected chi connectivity index (χ1v) is 6.40. The number of nitrogens with one attached hydrogen (secondary N) is 2. The number of nitrogens with zero attached hydrogens (tertiary/aromatic N) is 1. The maximum Gasteiger partial charge on any atom is 0.0638 e. The minimum absolute atomic E-state index is 0.393. The number of rotatable bonds is 4. The Labute approximate surface area is 103 Å². The number of ether oxygens (including phenoxy) is 1. The smallest absolute Gasteiger partial charge is 0.0638 e. The van der Waals surface area contributed by atoms with E-state index in [0.29, 0.717) is 5.41 Å². The molecule has 0 bridgehead atoms. The van der Waals surface area contributed by atoms with Gasteiger partial charge < -0.3 is 10.1 Å². The largest absolute Gasteiger partial charge is 0.381 e. The molecule has 0 amide bonds. The molecule has 1 saturated heterocycles. The number of aromatic nitrogens is 2. The Balaban J connectivity index is 1.83. The number of H-pyrrole nitrogens is 1. The zero-order valence-electron chi connectivity index (χ0n) is 11.1. The summed E-state index contributed by atoms with van der Waals surface area (Å²) in [5.41, 5.74) is 3.98. The second kappa shape index (κ2) is 5.19. The molecule has 0 aromatic carbocycles. The molecule has 1 aromatic rings. The van der Waals surface area contributed by atoms with Crippen molar-refractivity contribution >= 4 is 0 Å². The average molecular weight is 237 g/mol. The highest BCUT2D eigenvalue weighted by Crippen LogP contribution is 2.28. The molecule has 2 N–H and O–H groups in total. The minimum atomic E-state index is 0.393. The summed E-state index contributed by atoms with van der Waals surface area (Å²) < 4.78 is 5.41. The van der Waals surface area contributed by atoms with Gasteiger partial charge in [-0.05, 0) is 32.1 Å². The van der Waals surface area contributed by atoms with Crippen LogP contribution in [0.4, 0.5) is 0 Å². The van der Waals surface area contributed by atoms with E-state index in [1.54, 1.807) is 0 Å². The first-order chi connectivity index (χ1) is 8.11. The van der Waals surface area contributed by atoms with Crippen LogP contribution in [-0.4, -0.2) is 30.0 Å². The fourth-order valence-corrected chi connectivity index (χ4v) is 2.36. The molecule has 4 heteroatoms. The molecular weight excluding hydrogens is 214 g/mol. The molecule has 0 aliphatic carbocycles. The van der Waals surface area contributed by atoms with Gasteiger partial charge in [-0.15, -0.1) is 0 Å². The van der Waals surface area contributed by atoms with Crippen LogP contribution >= 0.6 is 0 Å². The second-order valence-electron chi connectivity index (χ2n) is 5.44. The lowest BCUT2D eigenvalue weighted by atomic mass is 9.82. The minimum Gasteiger partial charge on any atom is -0.381 e. The average Bonchev–Trinajstić information content (AvgIpc) is 2.61. The van der Waals surface area contributed by atoms with Gasteiger partial charge in [-0.25, -0.2) is 0 Å². The predicted octanol–water partition coefficient (Wildman–Crippen LogP) is 1.93. The Kier molecular flexibility index (Phi) is 3.84. The van der Waals surface area contributed by atoms with E-state index < -0.39 is 0 Å². The summed E-state index contributed by atoms with van der Waals surface area (Å²) in [5.74, 6) is 0. The molecule has 4 nitrogen and oxygen atoms in total. The van der Waals surface area contributed by atoms with Gasteiger partial charge in [0.15, 0.2) is 0 Å². The normalized spacial score (nSPS) is 19.5. The molecule has 1 aliphatic rings. The van der Waals surface area contributed by atoms with E-state index in [-0.39, 0.29) is 0 Å². The maximum absolute atomic E-state index is 5.41. The van der Waals surface area contributed by atoms with Crippen LogP contribution in [0.15, 0.2) is 0 Å². The molecule has 2 heterocycles. The summed E-state index contributed by atoms with van der Waals surface area (Å²) >= 11 is 0. The summed E-state index contributed by atoms with van der Waals surface area (Å²) in [6.45, 7) is 10.2. The Morgan fingerprint density at radius 3 is 2.65 bits per heavy atom. The SMILES string of the molecule is Cc1n[nH]c(C)c1CNCC1(C)CCOCC1. The number of hydrogen-bond donors (Lipinski definition) is 2.